The maximum absolute atomic E-state index is 5.23. The highest BCUT2D eigenvalue weighted by Crippen LogP contribution is 2.41. The van der Waals surface area contributed by atoms with Gasteiger partial charge in [-0.05, 0) is 63.8 Å². The number of aromatic nitrogens is 2. The van der Waals surface area contributed by atoms with Gasteiger partial charge in [-0.25, -0.2) is 15.0 Å². The molecule has 2 aromatic carbocycles. The Bertz CT molecular complexity index is 1260. The Kier molecular flexibility index (Phi) is 8.65. The van der Waals surface area contributed by atoms with Crippen LogP contribution in [0.4, 0.5) is 11.4 Å². The summed E-state index contributed by atoms with van der Waals surface area (Å²) in [5, 5.41) is 0. The van der Waals surface area contributed by atoms with Gasteiger partial charge in [-0.2, -0.15) is 0 Å². The molecular formula is C36H50N4. The lowest BCUT2D eigenvalue weighted by Crippen LogP contribution is -2.18. The molecule has 0 unspecified atom stereocenters. The summed E-state index contributed by atoms with van der Waals surface area (Å²) in [6.07, 6.45) is 1.82. The normalized spacial score (nSPS) is 14.1. The summed E-state index contributed by atoms with van der Waals surface area (Å²) in [7, 11) is 0. The summed E-state index contributed by atoms with van der Waals surface area (Å²) in [6.45, 7) is 30.9. The van der Waals surface area contributed by atoms with Gasteiger partial charge in [0.2, 0.25) is 0 Å². The Balaban J connectivity index is 2.17. The second-order valence-corrected chi connectivity index (χ2v) is 15.1. The number of aliphatic imine (C=N–C) groups is 2. The van der Waals surface area contributed by atoms with Gasteiger partial charge in [0.15, 0.2) is 5.82 Å². The molecule has 3 aromatic rings. The topological polar surface area (TPSA) is 50.5 Å². The maximum atomic E-state index is 5.23. The van der Waals surface area contributed by atoms with E-state index < -0.39 is 0 Å². The first kappa shape index (κ1) is 31.4. The summed E-state index contributed by atoms with van der Waals surface area (Å²) in [5.74, 6) is 0.621. The van der Waals surface area contributed by atoms with E-state index in [0.717, 1.165) is 28.5 Å². The van der Waals surface area contributed by atoms with Crippen LogP contribution >= 0.6 is 0 Å². The third kappa shape index (κ3) is 7.13. The summed E-state index contributed by atoms with van der Waals surface area (Å²) < 4.78 is 0. The molecule has 0 aliphatic carbocycles. The zero-order valence-electron chi connectivity index (χ0n) is 27.4. The highest BCUT2D eigenvalue weighted by Gasteiger charge is 2.27. The van der Waals surface area contributed by atoms with Crippen molar-refractivity contribution in [3.8, 4) is 0 Å². The molecule has 3 rings (SSSR count). The second-order valence-electron chi connectivity index (χ2n) is 15.1. The summed E-state index contributed by atoms with van der Waals surface area (Å²) in [5.41, 5.74) is 9.29. The van der Waals surface area contributed by atoms with E-state index >= 15 is 0 Å². The van der Waals surface area contributed by atoms with Crippen molar-refractivity contribution in [1.82, 2.24) is 9.97 Å². The smallest absolute Gasteiger partial charge is 0.174 e. The van der Waals surface area contributed by atoms with Gasteiger partial charge in [-0.1, -0.05) is 119 Å². The molecule has 0 N–H and O–H groups in total. The molecule has 1 heterocycles. The van der Waals surface area contributed by atoms with Crippen LogP contribution in [0.25, 0.3) is 0 Å². The zero-order valence-corrected chi connectivity index (χ0v) is 27.4. The standard InChI is InChI=1S/C36H50N4/c1-23(38-30-25(33(3,4)5)17-15-18-26(30)34(6,7)8)29-21-22-37-32(40-29)24(2)39-31-27(35(9,10)11)19-16-20-28(31)36(12,13)14/h15-22H,1-14H3/b38-23+,39-24+. The molecule has 0 saturated carbocycles. The minimum absolute atomic E-state index is 0.0361. The van der Waals surface area contributed by atoms with Crippen LogP contribution in [0.1, 0.15) is 131 Å². The van der Waals surface area contributed by atoms with E-state index in [2.05, 4.69) is 124 Å². The molecule has 40 heavy (non-hydrogen) atoms. The average molecular weight is 539 g/mol. The molecule has 4 nitrogen and oxygen atoms in total. The highest BCUT2D eigenvalue weighted by atomic mass is 14.9. The van der Waals surface area contributed by atoms with E-state index in [0.29, 0.717) is 5.82 Å². The lowest BCUT2D eigenvalue weighted by atomic mass is 9.79. The predicted octanol–water partition coefficient (Wildman–Crippen LogP) is 9.95. The number of benzene rings is 2. The van der Waals surface area contributed by atoms with Crippen molar-refractivity contribution < 1.29 is 0 Å². The van der Waals surface area contributed by atoms with Gasteiger partial charge in [-0.15, -0.1) is 0 Å². The number of hydrogen-bond donors (Lipinski definition) is 0. The van der Waals surface area contributed by atoms with Crippen LogP contribution < -0.4 is 0 Å². The number of nitrogens with zero attached hydrogens (tertiary/aromatic N) is 4. The van der Waals surface area contributed by atoms with Crippen LogP contribution in [0.2, 0.25) is 0 Å². The van der Waals surface area contributed by atoms with E-state index in [1.807, 2.05) is 26.1 Å². The fourth-order valence-electron chi connectivity index (χ4n) is 4.93. The number of para-hydroxylation sites is 2. The van der Waals surface area contributed by atoms with Crippen LogP contribution in [0.5, 0.6) is 0 Å². The fourth-order valence-corrected chi connectivity index (χ4v) is 4.93. The maximum Gasteiger partial charge on any atom is 0.174 e. The van der Waals surface area contributed by atoms with E-state index in [4.69, 9.17) is 15.0 Å². The van der Waals surface area contributed by atoms with Crippen molar-refractivity contribution in [1.29, 1.82) is 0 Å². The third-order valence-electron chi connectivity index (χ3n) is 7.21. The molecule has 214 valence electrons. The van der Waals surface area contributed by atoms with E-state index in [9.17, 15) is 0 Å². The van der Waals surface area contributed by atoms with Gasteiger partial charge in [0.05, 0.1) is 28.5 Å². The van der Waals surface area contributed by atoms with E-state index in [1.165, 1.54) is 22.3 Å². The Hall–Kier alpha value is -3.14. The minimum atomic E-state index is -0.0441. The first-order valence-corrected chi connectivity index (χ1v) is 14.4. The average Bonchev–Trinajstić information content (AvgIpc) is 2.81. The molecule has 0 amide bonds. The lowest BCUT2D eigenvalue weighted by molar-refractivity contribution is 0.570. The summed E-state index contributed by atoms with van der Waals surface area (Å²) in [6, 6.07) is 15.0. The Morgan fingerprint density at radius 2 is 0.875 bits per heavy atom. The molecule has 0 saturated heterocycles. The quantitative estimate of drug-likeness (QED) is 0.310. The van der Waals surface area contributed by atoms with Gasteiger partial charge in [0, 0.05) is 6.20 Å². The minimum Gasteiger partial charge on any atom is -0.251 e. The lowest BCUT2D eigenvalue weighted by Gasteiger charge is -2.28. The van der Waals surface area contributed by atoms with Crippen LogP contribution in [-0.2, 0) is 21.7 Å². The largest absolute Gasteiger partial charge is 0.251 e. The van der Waals surface area contributed by atoms with Gasteiger partial charge in [-0.3, -0.25) is 4.99 Å². The first-order chi connectivity index (χ1) is 18.2. The third-order valence-corrected chi connectivity index (χ3v) is 7.21. The first-order valence-electron chi connectivity index (χ1n) is 14.4. The SMILES string of the molecule is C/C(=N\c1c(C(C)(C)C)cccc1C(C)(C)C)c1ccnc(/C(C)=N/c2c(C(C)(C)C)cccc2C(C)(C)C)n1. The van der Waals surface area contributed by atoms with E-state index in [1.54, 1.807) is 0 Å². The van der Waals surface area contributed by atoms with Gasteiger partial charge in [0.1, 0.15) is 0 Å². The molecule has 0 bridgehead atoms. The number of rotatable bonds is 4. The Morgan fingerprint density at radius 3 is 1.23 bits per heavy atom. The van der Waals surface area contributed by atoms with Gasteiger partial charge >= 0.3 is 0 Å². The van der Waals surface area contributed by atoms with Crippen molar-refractivity contribution in [3.05, 3.63) is 82.4 Å². The number of hydrogen-bond acceptors (Lipinski definition) is 4. The van der Waals surface area contributed by atoms with Crippen LogP contribution in [0.3, 0.4) is 0 Å². The molecule has 4 heteroatoms. The molecule has 0 aliphatic rings. The molecule has 0 fully saturated rings. The second kappa shape index (κ2) is 11.0. The molecule has 0 atom stereocenters. The van der Waals surface area contributed by atoms with Crippen LogP contribution in [0, 0.1) is 0 Å². The van der Waals surface area contributed by atoms with Crippen molar-refractivity contribution in [2.45, 2.75) is 119 Å². The van der Waals surface area contributed by atoms with E-state index in [-0.39, 0.29) is 21.7 Å². The molecule has 0 radical (unpaired) electrons. The summed E-state index contributed by atoms with van der Waals surface area (Å²) >= 11 is 0. The van der Waals surface area contributed by atoms with Crippen molar-refractivity contribution >= 4 is 22.8 Å². The summed E-state index contributed by atoms with van der Waals surface area (Å²) in [4.78, 5) is 20.0. The molecule has 0 aliphatic heterocycles. The molecule has 1 aromatic heterocycles. The molecular weight excluding hydrogens is 488 g/mol. The predicted molar refractivity (Wildman–Crippen MR) is 173 cm³/mol. The zero-order chi connectivity index (χ0) is 30.3. The van der Waals surface area contributed by atoms with Crippen LogP contribution in [0.15, 0.2) is 58.6 Å². The molecule has 0 spiro atoms. The Morgan fingerprint density at radius 1 is 0.525 bits per heavy atom. The van der Waals surface area contributed by atoms with Crippen molar-refractivity contribution in [2.24, 2.45) is 9.98 Å². The van der Waals surface area contributed by atoms with Crippen LogP contribution in [-0.4, -0.2) is 21.4 Å². The van der Waals surface area contributed by atoms with Gasteiger partial charge in [0.25, 0.3) is 0 Å². The van der Waals surface area contributed by atoms with Gasteiger partial charge < -0.3 is 0 Å². The van der Waals surface area contributed by atoms with Crippen molar-refractivity contribution in [3.63, 3.8) is 0 Å². The fraction of sp³-hybridized carbons (Fsp3) is 0.500. The monoisotopic (exact) mass is 538 g/mol. The van der Waals surface area contributed by atoms with Crippen molar-refractivity contribution in [2.75, 3.05) is 0 Å². The Labute approximate surface area is 243 Å². The highest BCUT2D eigenvalue weighted by molar-refractivity contribution is 6.01.